The van der Waals surface area contributed by atoms with Gasteiger partial charge in [-0.25, -0.2) is 14.0 Å². The van der Waals surface area contributed by atoms with E-state index >= 15 is 0 Å². The van der Waals surface area contributed by atoms with Gasteiger partial charge in [-0.05, 0) is 25.5 Å². The van der Waals surface area contributed by atoms with Gasteiger partial charge in [-0.1, -0.05) is 12.6 Å². The van der Waals surface area contributed by atoms with Gasteiger partial charge in [0.05, 0.1) is 39.6 Å². The van der Waals surface area contributed by atoms with E-state index in [1.165, 1.54) is 12.1 Å². The van der Waals surface area contributed by atoms with E-state index in [1.807, 2.05) is 0 Å². The van der Waals surface area contributed by atoms with Crippen molar-refractivity contribution in [3.8, 4) is 5.75 Å². The second-order valence-electron chi connectivity index (χ2n) is 5.86. The molecule has 0 atom stereocenters. The van der Waals surface area contributed by atoms with Crippen molar-refractivity contribution in [3.63, 3.8) is 0 Å². The van der Waals surface area contributed by atoms with Crippen LogP contribution in [0, 0.1) is 12.7 Å². The topological polar surface area (TPSA) is 89.5 Å². The molecule has 1 rings (SSSR count). The van der Waals surface area contributed by atoms with Crippen molar-refractivity contribution in [2.24, 2.45) is 0 Å². The zero-order valence-corrected chi connectivity index (χ0v) is 16.7. The highest BCUT2D eigenvalue weighted by Crippen LogP contribution is 2.16. The molecule has 0 unspecified atom stereocenters. The molecule has 1 aromatic carbocycles. The van der Waals surface area contributed by atoms with Crippen LogP contribution in [0.2, 0.25) is 0 Å². The smallest absolute Gasteiger partial charge is 0.460 e. The van der Waals surface area contributed by atoms with Gasteiger partial charge < -0.3 is 28.4 Å². The molecule has 0 aliphatic heterocycles. The number of benzene rings is 1. The third-order valence-electron chi connectivity index (χ3n) is 3.35. The molecule has 0 saturated carbocycles. The second kappa shape index (κ2) is 14.5. The van der Waals surface area contributed by atoms with E-state index < -0.39 is 17.9 Å². The van der Waals surface area contributed by atoms with Crippen LogP contribution >= 0.6 is 0 Å². The Hall–Kier alpha value is -2.49. The molecule has 0 heterocycles. The summed E-state index contributed by atoms with van der Waals surface area (Å²) in [7, 11) is 0. The largest absolute Gasteiger partial charge is 0.513 e. The average Bonchev–Trinajstić information content (AvgIpc) is 2.68. The average molecular weight is 414 g/mol. The lowest BCUT2D eigenvalue weighted by molar-refractivity contribution is -0.140. The third kappa shape index (κ3) is 11.8. The van der Waals surface area contributed by atoms with Crippen molar-refractivity contribution in [2.45, 2.75) is 13.8 Å². The number of halogens is 1. The van der Waals surface area contributed by atoms with Gasteiger partial charge in [0.15, 0.2) is 0 Å². The Labute approximate surface area is 169 Å². The Kier molecular flexibility index (Phi) is 12.3. The first kappa shape index (κ1) is 24.5. The number of rotatable bonds is 14. The van der Waals surface area contributed by atoms with Crippen molar-refractivity contribution < 1.29 is 42.4 Å². The molecule has 0 N–H and O–H groups in total. The summed E-state index contributed by atoms with van der Waals surface area (Å²) in [5.74, 6) is -0.831. The van der Waals surface area contributed by atoms with Crippen LogP contribution in [-0.4, -0.2) is 65.0 Å². The maximum atomic E-state index is 13.3. The minimum atomic E-state index is -0.931. The summed E-state index contributed by atoms with van der Waals surface area (Å²) < 4.78 is 43.6. The highest BCUT2D eigenvalue weighted by atomic mass is 19.1. The van der Waals surface area contributed by atoms with Gasteiger partial charge in [0.2, 0.25) is 0 Å². The SMILES string of the molecule is C=C(C)C(=O)OCCOCCOCCOCCOC(=O)Oc1ccc(C)c(F)c1. The number of carbonyl (C=O) groups is 2. The fourth-order valence-electron chi connectivity index (χ4n) is 1.81. The maximum absolute atomic E-state index is 13.3. The van der Waals surface area contributed by atoms with Crippen LogP contribution in [0.15, 0.2) is 30.4 Å². The Morgan fingerprint density at radius 3 is 1.93 bits per heavy atom. The lowest BCUT2D eigenvalue weighted by atomic mass is 10.2. The van der Waals surface area contributed by atoms with Gasteiger partial charge in [-0.15, -0.1) is 0 Å². The summed E-state index contributed by atoms with van der Waals surface area (Å²) in [6.45, 7) is 8.66. The number of aryl methyl sites for hydroxylation is 1. The van der Waals surface area contributed by atoms with Gasteiger partial charge in [0, 0.05) is 11.6 Å². The molecule has 29 heavy (non-hydrogen) atoms. The lowest BCUT2D eigenvalue weighted by Gasteiger charge is -2.08. The summed E-state index contributed by atoms with van der Waals surface area (Å²) in [6.07, 6.45) is -0.931. The number of esters is 1. The highest BCUT2D eigenvalue weighted by molar-refractivity contribution is 5.86. The second-order valence-corrected chi connectivity index (χ2v) is 5.86. The fraction of sp³-hybridized carbons (Fsp3) is 0.500. The normalized spacial score (nSPS) is 10.4. The van der Waals surface area contributed by atoms with Crippen LogP contribution in [0.3, 0.4) is 0 Å². The van der Waals surface area contributed by atoms with E-state index in [4.69, 9.17) is 28.4 Å². The molecule has 9 heteroatoms. The van der Waals surface area contributed by atoms with Crippen LogP contribution in [0.5, 0.6) is 5.75 Å². The monoisotopic (exact) mass is 414 g/mol. The molecule has 0 amide bonds. The number of hydrogen-bond donors (Lipinski definition) is 0. The van der Waals surface area contributed by atoms with E-state index in [-0.39, 0.29) is 32.2 Å². The molecule has 8 nitrogen and oxygen atoms in total. The number of carbonyl (C=O) groups excluding carboxylic acids is 2. The molecular weight excluding hydrogens is 387 g/mol. The van der Waals surface area contributed by atoms with Gasteiger partial charge >= 0.3 is 12.1 Å². The molecule has 0 aliphatic rings. The van der Waals surface area contributed by atoms with Gasteiger partial charge in [-0.2, -0.15) is 0 Å². The standard InChI is InChI=1S/C20H27FO8/c1-15(2)19(22)27-12-10-25-8-6-24-7-9-26-11-13-28-20(23)29-17-5-4-16(3)18(21)14-17/h4-5,14H,1,6-13H2,2-3H3. The van der Waals surface area contributed by atoms with Crippen LogP contribution in [-0.2, 0) is 28.5 Å². The first-order chi connectivity index (χ1) is 13.9. The highest BCUT2D eigenvalue weighted by Gasteiger charge is 2.08. The first-order valence-electron chi connectivity index (χ1n) is 9.06. The minimum Gasteiger partial charge on any atom is -0.460 e. The Morgan fingerprint density at radius 2 is 1.41 bits per heavy atom. The Balaban J connectivity index is 1.89. The molecule has 162 valence electrons. The maximum Gasteiger partial charge on any atom is 0.513 e. The molecule has 0 aromatic heterocycles. The van der Waals surface area contributed by atoms with Crippen LogP contribution in [0.25, 0.3) is 0 Å². The number of hydrogen-bond acceptors (Lipinski definition) is 8. The first-order valence-corrected chi connectivity index (χ1v) is 9.06. The molecule has 0 saturated heterocycles. The van der Waals surface area contributed by atoms with E-state index in [0.29, 0.717) is 37.6 Å². The lowest BCUT2D eigenvalue weighted by Crippen LogP contribution is -2.16. The molecule has 0 radical (unpaired) electrons. The molecule has 0 spiro atoms. The van der Waals surface area contributed by atoms with Gasteiger partial charge in [0.1, 0.15) is 24.8 Å². The van der Waals surface area contributed by atoms with E-state index in [1.54, 1.807) is 13.8 Å². The summed E-state index contributed by atoms with van der Waals surface area (Å²) in [4.78, 5) is 22.6. The predicted octanol–water partition coefficient (Wildman–Crippen LogP) is 2.82. The van der Waals surface area contributed by atoms with Crippen LogP contribution in [0.1, 0.15) is 12.5 Å². The molecule has 0 bridgehead atoms. The van der Waals surface area contributed by atoms with Crippen molar-refractivity contribution in [2.75, 3.05) is 52.9 Å². The van der Waals surface area contributed by atoms with Gasteiger partial charge in [-0.3, -0.25) is 0 Å². The summed E-state index contributed by atoms with van der Waals surface area (Å²) in [5, 5.41) is 0. The Morgan fingerprint density at radius 1 is 0.897 bits per heavy atom. The van der Waals surface area contributed by atoms with E-state index in [2.05, 4.69) is 6.58 Å². The fourth-order valence-corrected chi connectivity index (χ4v) is 1.81. The van der Waals surface area contributed by atoms with E-state index in [9.17, 15) is 14.0 Å². The molecular formula is C20H27FO8. The molecule has 0 fully saturated rings. The molecule has 1 aromatic rings. The van der Waals surface area contributed by atoms with Crippen molar-refractivity contribution in [3.05, 3.63) is 41.7 Å². The van der Waals surface area contributed by atoms with E-state index in [0.717, 1.165) is 6.07 Å². The zero-order valence-electron chi connectivity index (χ0n) is 16.7. The van der Waals surface area contributed by atoms with Crippen molar-refractivity contribution in [1.29, 1.82) is 0 Å². The zero-order chi connectivity index (χ0) is 21.5. The molecule has 0 aliphatic carbocycles. The van der Waals surface area contributed by atoms with Crippen LogP contribution < -0.4 is 4.74 Å². The Bertz CT molecular complexity index is 662. The minimum absolute atomic E-state index is 0.000803. The summed E-state index contributed by atoms with van der Waals surface area (Å²) in [6, 6.07) is 4.10. The quantitative estimate of drug-likeness (QED) is 0.199. The number of ether oxygens (including phenoxy) is 6. The summed E-state index contributed by atoms with van der Waals surface area (Å²) in [5.41, 5.74) is 0.800. The van der Waals surface area contributed by atoms with Crippen LogP contribution in [0.4, 0.5) is 9.18 Å². The van der Waals surface area contributed by atoms with Gasteiger partial charge in [0.25, 0.3) is 0 Å². The summed E-state index contributed by atoms with van der Waals surface area (Å²) >= 11 is 0. The van der Waals surface area contributed by atoms with Crippen molar-refractivity contribution in [1.82, 2.24) is 0 Å². The van der Waals surface area contributed by atoms with Crippen molar-refractivity contribution >= 4 is 12.1 Å². The third-order valence-corrected chi connectivity index (χ3v) is 3.35. The predicted molar refractivity (Wildman–Crippen MR) is 101 cm³/mol.